The number of rotatable bonds is 13. The third kappa shape index (κ3) is 8.86. The van der Waals surface area contributed by atoms with Crippen molar-refractivity contribution in [1.29, 1.82) is 0 Å². The average molecular weight is 667 g/mol. The lowest BCUT2D eigenvalue weighted by molar-refractivity contribution is -0.118. The zero-order valence-corrected chi connectivity index (χ0v) is 29.5. The number of nitrogens with zero attached hydrogens (tertiary/aromatic N) is 3. The normalized spacial score (nSPS) is 13.5. The van der Waals surface area contributed by atoms with E-state index >= 15 is 0 Å². The van der Waals surface area contributed by atoms with Crippen LogP contribution in [0.2, 0.25) is 0 Å². The molecule has 10 heteroatoms. The first-order valence-electron chi connectivity index (χ1n) is 17.6. The van der Waals surface area contributed by atoms with E-state index in [0.717, 1.165) is 42.0 Å². The molecule has 4 aromatic rings. The number of fused-ring (bicyclic) bond motifs is 1. The first-order valence-corrected chi connectivity index (χ1v) is 17.6. The molecule has 1 aliphatic rings. The topological polar surface area (TPSA) is 118 Å². The lowest BCUT2D eigenvalue weighted by Crippen LogP contribution is -2.33. The number of likely N-dealkylation sites (tertiary alicyclic amines) is 1. The predicted molar refractivity (Wildman–Crippen MR) is 198 cm³/mol. The molecule has 3 heterocycles. The SMILES string of the molecule is CC(=O)NCCCn1c(=O)c(NC(=O)Nc2c(C(C)C)cccc2C(C)C)c(-c2cccc(OCCN3CCCCC3)c2)c2cccnc21. The number of ether oxygens (including phenoxy) is 1. The van der Waals surface area contributed by atoms with E-state index in [0.29, 0.717) is 48.5 Å². The van der Waals surface area contributed by atoms with E-state index in [2.05, 4.69) is 53.5 Å². The third-order valence-electron chi connectivity index (χ3n) is 9.05. The highest BCUT2D eigenvalue weighted by molar-refractivity contribution is 6.07. The molecule has 1 saturated heterocycles. The van der Waals surface area contributed by atoms with E-state index in [9.17, 15) is 14.4 Å². The van der Waals surface area contributed by atoms with Crippen molar-refractivity contribution in [3.8, 4) is 16.9 Å². The van der Waals surface area contributed by atoms with E-state index in [4.69, 9.17) is 4.74 Å². The Hall–Kier alpha value is -4.70. The van der Waals surface area contributed by atoms with Gasteiger partial charge in [-0.25, -0.2) is 9.78 Å². The number of para-hydroxylation sites is 1. The van der Waals surface area contributed by atoms with Crippen LogP contribution in [0.4, 0.5) is 16.2 Å². The van der Waals surface area contributed by atoms with Crippen LogP contribution in [0.3, 0.4) is 0 Å². The van der Waals surface area contributed by atoms with Gasteiger partial charge in [-0.15, -0.1) is 0 Å². The highest BCUT2D eigenvalue weighted by atomic mass is 16.5. The Labute approximate surface area is 289 Å². The van der Waals surface area contributed by atoms with Crippen LogP contribution in [0.15, 0.2) is 65.6 Å². The Morgan fingerprint density at radius 3 is 2.27 bits per heavy atom. The fourth-order valence-electron chi connectivity index (χ4n) is 6.58. The molecule has 5 rings (SSSR count). The van der Waals surface area contributed by atoms with E-state index in [1.165, 1.54) is 26.2 Å². The third-order valence-corrected chi connectivity index (χ3v) is 9.05. The molecule has 2 aromatic heterocycles. The molecule has 0 atom stereocenters. The number of hydrogen-bond donors (Lipinski definition) is 3. The minimum Gasteiger partial charge on any atom is -0.492 e. The maximum absolute atomic E-state index is 14.4. The van der Waals surface area contributed by atoms with Crippen molar-refractivity contribution in [2.24, 2.45) is 0 Å². The number of anilines is 2. The molecule has 1 aliphatic heterocycles. The second-order valence-corrected chi connectivity index (χ2v) is 13.4. The lowest BCUT2D eigenvalue weighted by atomic mass is 9.93. The number of amides is 3. The minimum atomic E-state index is -0.504. The van der Waals surface area contributed by atoms with Crippen molar-refractivity contribution in [1.82, 2.24) is 19.8 Å². The van der Waals surface area contributed by atoms with Crippen LogP contribution >= 0.6 is 0 Å². The molecule has 3 N–H and O–H groups in total. The Bertz CT molecular complexity index is 1800. The van der Waals surface area contributed by atoms with E-state index in [1.807, 2.05) is 54.6 Å². The number of piperidine rings is 1. The van der Waals surface area contributed by atoms with Gasteiger partial charge in [0.05, 0.1) is 0 Å². The number of aromatic nitrogens is 2. The summed E-state index contributed by atoms with van der Waals surface area (Å²) in [6.07, 6.45) is 5.90. The van der Waals surface area contributed by atoms with Gasteiger partial charge >= 0.3 is 6.03 Å². The van der Waals surface area contributed by atoms with Gasteiger partial charge in [-0.05, 0) is 85.1 Å². The maximum atomic E-state index is 14.4. The van der Waals surface area contributed by atoms with Crippen LogP contribution in [0.1, 0.15) is 83.3 Å². The number of pyridine rings is 2. The summed E-state index contributed by atoms with van der Waals surface area (Å²) in [5, 5.41) is 9.60. The zero-order chi connectivity index (χ0) is 34.9. The second kappa shape index (κ2) is 16.6. The Kier molecular flexibility index (Phi) is 12.1. The summed E-state index contributed by atoms with van der Waals surface area (Å²) in [6.45, 7) is 14.2. The molecule has 2 aromatic carbocycles. The highest BCUT2D eigenvalue weighted by Crippen LogP contribution is 2.36. The summed E-state index contributed by atoms with van der Waals surface area (Å²) in [7, 11) is 0. The van der Waals surface area contributed by atoms with Crippen LogP contribution in [0.25, 0.3) is 22.2 Å². The second-order valence-electron chi connectivity index (χ2n) is 13.4. The summed E-state index contributed by atoms with van der Waals surface area (Å²) in [5.74, 6) is 0.906. The fraction of sp³-hybridized carbons (Fsp3) is 0.436. The number of aryl methyl sites for hydroxylation is 1. The van der Waals surface area contributed by atoms with Gasteiger partial charge < -0.3 is 20.7 Å². The van der Waals surface area contributed by atoms with Crippen molar-refractivity contribution in [3.63, 3.8) is 0 Å². The van der Waals surface area contributed by atoms with Gasteiger partial charge in [0.2, 0.25) is 5.91 Å². The van der Waals surface area contributed by atoms with E-state index in [-0.39, 0.29) is 29.0 Å². The first-order chi connectivity index (χ1) is 23.6. The van der Waals surface area contributed by atoms with Gasteiger partial charge in [0.15, 0.2) is 0 Å². The Balaban J connectivity index is 1.55. The van der Waals surface area contributed by atoms with E-state index in [1.54, 1.807) is 10.8 Å². The molecule has 3 amide bonds. The van der Waals surface area contributed by atoms with Crippen LogP contribution in [-0.2, 0) is 11.3 Å². The van der Waals surface area contributed by atoms with Gasteiger partial charge in [-0.3, -0.25) is 19.1 Å². The fourth-order valence-corrected chi connectivity index (χ4v) is 6.58. The molecule has 49 heavy (non-hydrogen) atoms. The number of carbonyl (C=O) groups is 2. The molecule has 0 saturated carbocycles. The summed E-state index contributed by atoms with van der Waals surface area (Å²) in [6, 6.07) is 17.0. The van der Waals surface area contributed by atoms with Crippen LogP contribution < -0.4 is 26.2 Å². The maximum Gasteiger partial charge on any atom is 0.323 e. The van der Waals surface area contributed by atoms with Gasteiger partial charge in [0, 0.05) is 49.4 Å². The van der Waals surface area contributed by atoms with Gasteiger partial charge in [0.25, 0.3) is 5.56 Å². The molecular weight excluding hydrogens is 616 g/mol. The average Bonchev–Trinajstić information content (AvgIpc) is 3.08. The first kappa shape index (κ1) is 35.6. The molecule has 0 aliphatic carbocycles. The largest absolute Gasteiger partial charge is 0.492 e. The summed E-state index contributed by atoms with van der Waals surface area (Å²) < 4.78 is 7.80. The summed E-state index contributed by atoms with van der Waals surface area (Å²) in [4.78, 5) is 46.9. The number of nitrogens with one attached hydrogen (secondary N) is 3. The van der Waals surface area contributed by atoms with Crippen molar-refractivity contribution in [3.05, 3.63) is 82.3 Å². The zero-order valence-electron chi connectivity index (χ0n) is 29.5. The molecule has 10 nitrogen and oxygen atoms in total. The van der Waals surface area contributed by atoms with Gasteiger partial charge in [-0.1, -0.05) is 64.4 Å². The predicted octanol–water partition coefficient (Wildman–Crippen LogP) is 7.35. The minimum absolute atomic E-state index is 0.134. The molecule has 1 fully saturated rings. The standard InChI is InChI=1S/C39H50N6O4/c1-26(2)31-15-10-16-32(27(3)4)35(31)42-39(48)43-36-34(29-13-9-14-30(25-29)49-24-23-44-20-7-6-8-21-44)33-17-11-18-41-37(33)45(38(36)47)22-12-19-40-28(5)46/h9-11,13-18,25-27H,6-8,12,19-24H2,1-5H3,(H,40,46)(H2,42,43,48). The number of carbonyl (C=O) groups excluding carboxylic acids is 2. The van der Waals surface area contributed by atoms with Crippen molar-refractivity contribution in [2.45, 2.75) is 78.7 Å². The van der Waals surface area contributed by atoms with Gasteiger partial charge in [-0.2, -0.15) is 0 Å². The van der Waals surface area contributed by atoms with E-state index < -0.39 is 6.03 Å². The van der Waals surface area contributed by atoms with Crippen LogP contribution in [-0.4, -0.2) is 59.2 Å². The Morgan fingerprint density at radius 2 is 1.57 bits per heavy atom. The van der Waals surface area contributed by atoms with Crippen molar-refractivity contribution >= 4 is 34.3 Å². The monoisotopic (exact) mass is 666 g/mol. The quantitative estimate of drug-likeness (QED) is 0.129. The summed E-state index contributed by atoms with van der Waals surface area (Å²) in [5.41, 5.74) is 4.38. The summed E-state index contributed by atoms with van der Waals surface area (Å²) >= 11 is 0. The molecular formula is C39H50N6O4. The number of urea groups is 1. The molecule has 0 unspecified atom stereocenters. The molecule has 0 spiro atoms. The number of hydrogen-bond acceptors (Lipinski definition) is 6. The van der Waals surface area contributed by atoms with Crippen molar-refractivity contribution < 1.29 is 14.3 Å². The van der Waals surface area contributed by atoms with Crippen molar-refractivity contribution in [2.75, 3.05) is 43.4 Å². The Morgan fingerprint density at radius 1 is 0.878 bits per heavy atom. The highest BCUT2D eigenvalue weighted by Gasteiger charge is 2.23. The lowest BCUT2D eigenvalue weighted by Gasteiger charge is -2.26. The van der Waals surface area contributed by atoms with Crippen LogP contribution in [0.5, 0.6) is 5.75 Å². The van der Waals surface area contributed by atoms with Gasteiger partial charge in [0.1, 0.15) is 23.7 Å². The number of benzene rings is 2. The molecule has 260 valence electrons. The molecule has 0 bridgehead atoms. The molecule has 0 radical (unpaired) electrons. The smallest absolute Gasteiger partial charge is 0.323 e. The van der Waals surface area contributed by atoms with Crippen LogP contribution in [0, 0.1) is 0 Å².